The maximum atomic E-state index is 11.0. The summed E-state index contributed by atoms with van der Waals surface area (Å²) in [6.07, 6.45) is 1.40. The van der Waals surface area contributed by atoms with Crippen LogP contribution in [0.4, 0.5) is 0 Å². The van der Waals surface area contributed by atoms with Crippen LogP contribution in [0.15, 0.2) is 0 Å². The number of ketones is 2. The van der Waals surface area contributed by atoms with Crippen LogP contribution in [0.5, 0.6) is 0 Å². The molecule has 0 aromatic heterocycles. The lowest BCUT2D eigenvalue weighted by atomic mass is 10.1. The van der Waals surface area contributed by atoms with Gasteiger partial charge in [0.05, 0.1) is 6.42 Å². The molecule has 0 saturated carbocycles. The maximum Gasteiger partial charge on any atom is 0.141 e. The predicted octanol–water partition coefficient (Wildman–Crippen LogP) is -0.398. The van der Waals surface area contributed by atoms with Crippen LogP contribution >= 0.6 is 0 Å². The Morgan fingerprint density at radius 2 is 1.50 bits per heavy atom. The Bertz CT molecular complexity index is 157. The summed E-state index contributed by atoms with van der Waals surface area (Å²) in [6, 6.07) is 0. The first-order valence-electron chi connectivity index (χ1n) is 4.14. The van der Waals surface area contributed by atoms with E-state index in [-0.39, 0.29) is 18.0 Å². The molecule has 0 aromatic carbocycles. The first-order chi connectivity index (χ1) is 5.70. The highest BCUT2D eigenvalue weighted by Crippen LogP contribution is 1.96. The first kappa shape index (κ1) is 11.3. The molecule has 0 heterocycles. The Labute approximate surface area is 72.3 Å². The zero-order valence-corrected chi connectivity index (χ0v) is 7.21. The minimum atomic E-state index is -0.0699. The maximum absolute atomic E-state index is 11.0. The van der Waals surface area contributed by atoms with Crippen molar-refractivity contribution in [1.82, 2.24) is 0 Å². The Hall–Kier alpha value is -0.740. The fourth-order valence-corrected chi connectivity index (χ4v) is 0.857. The fourth-order valence-electron chi connectivity index (χ4n) is 0.857. The molecule has 0 spiro atoms. The molecule has 0 radical (unpaired) electrons. The highest BCUT2D eigenvalue weighted by molar-refractivity contribution is 5.99. The SMILES string of the molecule is NCCCC(=O)CC(=O)CCN. The van der Waals surface area contributed by atoms with Gasteiger partial charge < -0.3 is 11.5 Å². The molecule has 0 saturated heterocycles. The van der Waals surface area contributed by atoms with Gasteiger partial charge in [0.25, 0.3) is 0 Å². The van der Waals surface area contributed by atoms with Crippen LogP contribution in [0, 0.1) is 0 Å². The van der Waals surface area contributed by atoms with Crippen LogP contribution in [0.2, 0.25) is 0 Å². The van der Waals surface area contributed by atoms with E-state index in [0.717, 1.165) is 0 Å². The van der Waals surface area contributed by atoms with Gasteiger partial charge >= 0.3 is 0 Å². The molecule has 0 aliphatic rings. The predicted molar refractivity (Wildman–Crippen MR) is 46.6 cm³/mol. The monoisotopic (exact) mass is 172 g/mol. The molecule has 0 unspecified atom stereocenters. The third kappa shape index (κ3) is 6.00. The van der Waals surface area contributed by atoms with E-state index in [9.17, 15) is 9.59 Å². The van der Waals surface area contributed by atoms with Gasteiger partial charge in [-0.2, -0.15) is 0 Å². The lowest BCUT2D eigenvalue weighted by Crippen LogP contribution is -2.13. The molecule has 0 rings (SSSR count). The van der Waals surface area contributed by atoms with E-state index >= 15 is 0 Å². The van der Waals surface area contributed by atoms with Gasteiger partial charge in [-0.25, -0.2) is 0 Å². The lowest BCUT2D eigenvalue weighted by molar-refractivity contribution is -0.126. The third-order valence-electron chi connectivity index (χ3n) is 1.48. The largest absolute Gasteiger partial charge is 0.330 e. The van der Waals surface area contributed by atoms with Crippen LogP contribution in [0.1, 0.15) is 25.7 Å². The minimum absolute atomic E-state index is 0.0250. The molecule has 0 aliphatic heterocycles. The molecule has 0 atom stereocenters. The van der Waals surface area contributed by atoms with Crippen LogP contribution in [0.25, 0.3) is 0 Å². The van der Waals surface area contributed by atoms with Gasteiger partial charge in [-0.1, -0.05) is 0 Å². The average Bonchev–Trinajstić information content (AvgIpc) is 2.01. The van der Waals surface area contributed by atoms with E-state index in [2.05, 4.69) is 0 Å². The molecule has 0 aromatic rings. The topological polar surface area (TPSA) is 86.2 Å². The van der Waals surface area contributed by atoms with Gasteiger partial charge in [0.15, 0.2) is 0 Å². The molecular weight excluding hydrogens is 156 g/mol. The highest BCUT2D eigenvalue weighted by Gasteiger charge is 2.07. The number of hydrogen-bond acceptors (Lipinski definition) is 4. The molecule has 0 bridgehead atoms. The number of nitrogens with two attached hydrogens (primary N) is 2. The van der Waals surface area contributed by atoms with Crippen molar-refractivity contribution in [2.24, 2.45) is 11.5 Å². The summed E-state index contributed by atoms with van der Waals surface area (Å²) in [5, 5.41) is 0. The van der Waals surface area contributed by atoms with Crippen molar-refractivity contribution in [3.8, 4) is 0 Å². The summed E-state index contributed by atoms with van der Waals surface area (Å²) in [7, 11) is 0. The second-order valence-corrected chi connectivity index (χ2v) is 2.69. The van der Waals surface area contributed by atoms with Crippen molar-refractivity contribution in [2.75, 3.05) is 13.1 Å². The van der Waals surface area contributed by atoms with Gasteiger partial charge in [-0.3, -0.25) is 9.59 Å². The van der Waals surface area contributed by atoms with Gasteiger partial charge in [0.1, 0.15) is 11.6 Å². The summed E-state index contributed by atoms with van der Waals surface area (Å²) in [4.78, 5) is 21.9. The van der Waals surface area contributed by atoms with Gasteiger partial charge in [-0.15, -0.1) is 0 Å². The number of hydrogen-bond donors (Lipinski definition) is 2. The zero-order valence-electron chi connectivity index (χ0n) is 7.21. The summed E-state index contributed by atoms with van der Waals surface area (Å²) >= 11 is 0. The summed E-state index contributed by atoms with van der Waals surface area (Å²) in [5.41, 5.74) is 10.4. The van der Waals surface area contributed by atoms with Crippen molar-refractivity contribution in [2.45, 2.75) is 25.7 Å². The highest BCUT2D eigenvalue weighted by atomic mass is 16.1. The second-order valence-electron chi connectivity index (χ2n) is 2.69. The van der Waals surface area contributed by atoms with Crippen LogP contribution in [0.3, 0.4) is 0 Å². The van der Waals surface area contributed by atoms with E-state index in [4.69, 9.17) is 11.5 Å². The Kier molecular flexibility index (Phi) is 6.51. The van der Waals surface area contributed by atoms with Crippen LogP contribution in [-0.4, -0.2) is 24.7 Å². The Morgan fingerprint density at radius 3 is 2.00 bits per heavy atom. The van der Waals surface area contributed by atoms with Gasteiger partial charge in [-0.05, 0) is 19.5 Å². The lowest BCUT2D eigenvalue weighted by Gasteiger charge is -1.97. The third-order valence-corrected chi connectivity index (χ3v) is 1.48. The molecule has 4 N–H and O–H groups in total. The van der Waals surface area contributed by atoms with E-state index in [1.54, 1.807) is 0 Å². The van der Waals surface area contributed by atoms with E-state index in [0.29, 0.717) is 32.4 Å². The summed E-state index contributed by atoms with van der Waals surface area (Å²) in [5.74, 6) is -0.0987. The van der Waals surface area contributed by atoms with Crippen LogP contribution in [-0.2, 0) is 9.59 Å². The molecule has 70 valence electrons. The van der Waals surface area contributed by atoms with Crippen molar-refractivity contribution >= 4 is 11.6 Å². The molecule has 4 heteroatoms. The van der Waals surface area contributed by atoms with E-state index in [1.807, 2.05) is 0 Å². The fraction of sp³-hybridized carbons (Fsp3) is 0.750. The van der Waals surface area contributed by atoms with E-state index < -0.39 is 0 Å². The number of rotatable bonds is 7. The Morgan fingerprint density at radius 1 is 0.917 bits per heavy atom. The smallest absolute Gasteiger partial charge is 0.141 e. The van der Waals surface area contributed by atoms with Crippen molar-refractivity contribution in [1.29, 1.82) is 0 Å². The van der Waals surface area contributed by atoms with Crippen molar-refractivity contribution < 1.29 is 9.59 Å². The van der Waals surface area contributed by atoms with Gasteiger partial charge in [0.2, 0.25) is 0 Å². The van der Waals surface area contributed by atoms with E-state index in [1.165, 1.54) is 0 Å². The first-order valence-corrected chi connectivity index (χ1v) is 4.14. The molecule has 0 amide bonds. The zero-order chi connectivity index (χ0) is 9.40. The summed E-state index contributed by atoms with van der Waals surface area (Å²) in [6.45, 7) is 0.819. The van der Waals surface area contributed by atoms with Crippen molar-refractivity contribution in [3.05, 3.63) is 0 Å². The normalized spacial score (nSPS) is 9.83. The Balaban J connectivity index is 3.47. The van der Waals surface area contributed by atoms with Gasteiger partial charge in [0, 0.05) is 12.8 Å². The molecular formula is C8H16N2O2. The standard InChI is InChI=1S/C8H16N2O2/c9-4-1-2-7(11)6-8(12)3-5-10/h1-6,9-10H2. The number of carbonyl (C=O) groups is 2. The average molecular weight is 172 g/mol. The minimum Gasteiger partial charge on any atom is -0.330 e. The van der Waals surface area contributed by atoms with Crippen molar-refractivity contribution in [3.63, 3.8) is 0 Å². The number of carbonyl (C=O) groups excluding carboxylic acids is 2. The molecule has 12 heavy (non-hydrogen) atoms. The number of Topliss-reactive ketones (excluding diaryl/α,β-unsaturated/α-hetero) is 2. The summed E-state index contributed by atoms with van der Waals surface area (Å²) < 4.78 is 0. The molecule has 0 aliphatic carbocycles. The van der Waals surface area contributed by atoms with Crippen LogP contribution < -0.4 is 11.5 Å². The molecule has 4 nitrogen and oxygen atoms in total. The molecule has 0 fully saturated rings. The quantitative estimate of drug-likeness (QED) is 0.512. The second kappa shape index (κ2) is 6.94.